The summed E-state index contributed by atoms with van der Waals surface area (Å²) in [7, 11) is 1.40. The molecule has 0 saturated heterocycles. The number of nitrogens with one attached hydrogen (secondary N) is 2. The first-order valence-electron chi connectivity index (χ1n) is 10.7. The zero-order valence-corrected chi connectivity index (χ0v) is 19.3. The lowest BCUT2D eigenvalue weighted by Crippen LogP contribution is -2.52. The monoisotopic (exact) mass is 444 g/mol. The van der Waals surface area contributed by atoms with Crippen molar-refractivity contribution < 1.29 is 9.53 Å². The fourth-order valence-electron chi connectivity index (χ4n) is 6.31. The second-order valence-corrected chi connectivity index (χ2v) is 11.0. The van der Waals surface area contributed by atoms with Crippen molar-refractivity contribution >= 4 is 45.5 Å². The number of hydrogen-bond acceptors (Lipinski definition) is 5. The lowest BCUT2D eigenvalue weighted by atomic mass is 9.53. The molecule has 6 nitrogen and oxygen atoms in total. The van der Waals surface area contributed by atoms with Gasteiger partial charge in [0.1, 0.15) is 5.00 Å². The minimum absolute atomic E-state index is 0.198. The molecule has 0 aliphatic heterocycles. The Hall–Kier alpha value is -1.93. The highest BCUT2D eigenvalue weighted by Gasteiger charge is 2.52. The van der Waals surface area contributed by atoms with Gasteiger partial charge < -0.3 is 15.4 Å². The fourth-order valence-corrected chi connectivity index (χ4v) is 7.64. The van der Waals surface area contributed by atoms with Crippen LogP contribution in [0.4, 0.5) is 10.8 Å². The average Bonchev–Trinajstić information content (AvgIpc) is 3.25. The van der Waals surface area contributed by atoms with Crippen LogP contribution in [0.1, 0.15) is 59.3 Å². The van der Waals surface area contributed by atoms with E-state index in [1.165, 1.54) is 57.0 Å². The van der Waals surface area contributed by atoms with Crippen molar-refractivity contribution in [3.8, 4) is 0 Å². The number of ether oxygens (including phenoxy) is 1. The summed E-state index contributed by atoms with van der Waals surface area (Å²) < 4.78 is 7.15. The van der Waals surface area contributed by atoms with Gasteiger partial charge >= 0.3 is 5.97 Å². The lowest BCUT2D eigenvalue weighted by Gasteiger charge is -2.56. The summed E-state index contributed by atoms with van der Waals surface area (Å²) in [6.07, 6.45) is 10.2. The number of hydrogen-bond donors (Lipinski definition) is 2. The van der Waals surface area contributed by atoms with Gasteiger partial charge in [-0.05, 0) is 87.9 Å². The zero-order chi connectivity index (χ0) is 21.0. The second-order valence-electron chi connectivity index (χ2n) is 9.35. The van der Waals surface area contributed by atoms with E-state index in [9.17, 15) is 4.79 Å². The van der Waals surface area contributed by atoms with Gasteiger partial charge in [-0.15, -0.1) is 11.3 Å². The van der Waals surface area contributed by atoms with Gasteiger partial charge in [0, 0.05) is 17.1 Å². The molecule has 2 heterocycles. The Morgan fingerprint density at radius 1 is 1.20 bits per heavy atom. The van der Waals surface area contributed by atoms with Gasteiger partial charge in [0.2, 0.25) is 0 Å². The molecule has 4 saturated carbocycles. The summed E-state index contributed by atoms with van der Waals surface area (Å²) in [6, 6.07) is 2.00. The number of aromatic nitrogens is 2. The maximum absolute atomic E-state index is 12.2. The third-order valence-electron chi connectivity index (χ3n) is 7.32. The molecule has 0 radical (unpaired) electrons. The Labute approximate surface area is 186 Å². The van der Waals surface area contributed by atoms with Crippen LogP contribution >= 0.6 is 23.6 Å². The van der Waals surface area contributed by atoms with E-state index in [0.29, 0.717) is 15.7 Å². The van der Waals surface area contributed by atoms with Crippen LogP contribution in [0.15, 0.2) is 12.3 Å². The van der Waals surface area contributed by atoms with Crippen LogP contribution in [0.3, 0.4) is 0 Å². The molecule has 6 rings (SSSR count). The van der Waals surface area contributed by atoms with E-state index in [0.717, 1.165) is 34.0 Å². The molecule has 30 heavy (non-hydrogen) atoms. The molecule has 0 spiro atoms. The normalized spacial score (nSPS) is 29.1. The van der Waals surface area contributed by atoms with Gasteiger partial charge in [-0.3, -0.25) is 4.68 Å². The molecule has 8 heteroatoms. The van der Waals surface area contributed by atoms with Crippen LogP contribution in [-0.2, 0) is 10.3 Å². The first kappa shape index (κ1) is 20.0. The third-order valence-corrected chi connectivity index (χ3v) is 8.65. The molecule has 0 atom stereocenters. The second kappa shape index (κ2) is 7.34. The quantitative estimate of drug-likeness (QED) is 0.506. The summed E-state index contributed by atoms with van der Waals surface area (Å²) in [5.41, 5.74) is 1.66. The number of anilines is 2. The first-order valence-corrected chi connectivity index (χ1v) is 11.9. The highest BCUT2D eigenvalue weighted by molar-refractivity contribution is 7.80. The van der Waals surface area contributed by atoms with Gasteiger partial charge in [-0.1, -0.05) is 0 Å². The van der Waals surface area contributed by atoms with Crippen LogP contribution in [0.2, 0.25) is 0 Å². The van der Waals surface area contributed by atoms with Crippen molar-refractivity contribution in [3.05, 3.63) is 28.3 Å². The SMILES string of the molecule is COC(=O)c1c(NC(=S)Nc2ccn(C34CC5CC(CC(C5)C3)C4)n2)sc(C)c1C. The summed E-state index contributed by atoms with van der Waals surface area (Å²) in [5.74, 6) is 3.02. The van der Waals surface area contributed by atoms with E-state index in [2.05, 4.69) is 21.5 Å². The van der Waals surface area contributed by atoms with Crippen molar-refractivity contribution in [2.75, 3.05) is 17.7 Å². The predicted octanol–water partition coefficient (Wildman–Crippen LogP) is 5.08. The van der Waals surface area contributed by atoms with E-state index in [-0.39, 0.29) is 11.5 Å². The topological polar surface area (TPSA) is 68.2 Å². The molecule has 160 valence electrons. The number of rotatable bonds is 4. The molecule has 0 unspecified atom stereocenters. The van der Waals surface area contributed by atoms with E-state index in [1.54, 1.807) is 0 Å². The Balaban J connectivity index is 1.30. The van der Waals surface area contributed by atoms with E-state index >= 15 is 0 Å². The Kier molecular flexibility index (Phi) is 4.89. The van der Waals surface area contributed by atoms with Crippen molar-refractivity contribution in [1.82, 2.24) is 9.78 Å². The molecule has 2 N–H and O–H groups in total. The van der Waals surface area contributed by atoms with Crippen LogP contribution < -0.4 is 10.6 Å². The molecule has 0 aromatic carbocycles. The van der Waals surface area contributed by atoms with Crippen molar-refractivity contribution in [3.63, 3.8) is 0 Å². The average molecular weight is 445 g/mol. The first-order chi connectivity index (χ1) is 14.4. The number of thiophene rings is 1. The summed E-state index contributed by atoms with van der Waals surface area (Å²) >= 11 is 7.02. The summed E-state index contributed by atoms with van der Waals surface area (Å²) in [4.78, 5) is 13.2. The highest BCUT2D eigenvalue weighted by atomic mass is 32.1. The van der Waals surface area contributed by atoms with Gasteiger partial charge in [-0.2, -0.15) is 5.10 Å². The molecule has 0 amide bonds. The molecule has 4 bridgehead atoms. The van der Waals surface area contributed by atoms with Crippen LogP contribution in [-0.4, -0.2) is 28.0 Å². The molecule has 4 fully saturated rings. The Morgan fingerprint density at radius 3 is 2.43 bits per heavy atom. The molecular formula is C22H28N4O2S2. The molecule has 4 aliphatic rings. The molecule has 2 aromatic heterocycles. The molecular weight excluding hydrogens is 416 g/mol. The molecule has 4 aliphatic carbocycles. The maximum atomic E-state index is 12.2. The number of methoxy groups -OCH3 is 1. The van der Waals surface area contributed by atoms with Crippen molar-refractivity contribution in [2.24, 2.45) is 17.8 Å². The predicted molar refractivity (Wildman–Crippen MR) is 123 cm³/mol. The number of aryl methyl sites for hydroxylation is 1. The minimum atomic E-state index is -0.353. The van der Waals surface area contributed by atoms with Crippen LogP contribution in [0.25, 0.3) is 0 Å². The van der Waals surface area contributed by atoms with Crippen molar-refractivity contribution in [1.29, 1.82) is 0 Å². The van der Waals surface area contributed by atoms with Crippen molar-refractivity contribution in [2.45, 2.75) is 57.9 Å². The largest absolute Gasteiger partial charge is 0.465 e. The van der Waals surface area contributed by atoms with E-state index in [4.69, 9.17) is 22.1 Å². The maximum Gasteiger partial charge on any atom is 0.341 e. The van der Waals surface area contributed by atoms with Gasteiger partial charge in [0.15, 0.2) is 10.9 Å². The number of carbonyl (C=O) groups excluding carboxylic acids is 1. The van der Waals surface area contributed by atoms with E-state index < -0.39 is 0 Å². The summed E-state index contributed by atoms with van der Waals surface area (Å²) in [5, 5.41) is 12.4. The number of nitrogens with zero attached hydrogens (tertiary/aromatic N) is 2. The molecule has 2 aromatic rings. The van der Waals surface area contributed by atoms with Gasteiger partial charge in [0.25, 0.3) is 0 Å². The smallest absolute Gasteiger partial charge is 0.341 e. The number of thiocarbonyl (C=S) groups is 1. The number of carbonyl (C=O) groups is 1. The summed E-state index contributed by atoms with van der Waals surface area (Å²) in [6.45, 7) is 3.91. The van der Waals surface area contributed by atoms with Crippen LogP contribution in [0.5, 0.6) is 0 Å². The van der Waals surface area contributed by atoms with Gasteiger partial charge in [0.05, 0.1) is 18.2 Å². The minimum Gasteiger partial charge on any atom is -0.465 e. The Morgan fingerprint density at radius 2 is 1.83 bits per heavy atom. The van der Waals surface area contributed by atoms with Gasteiger partial charge in [-0.25, -0.2) is 4.79 Å². The number of esters is 1. The van der Waals surface area contributed by atoms with E-state index in [1.807, 2.05) is 19.9 Å². The standard InChI is InChI=1S/C22H28N4O2S2/c1-12-13(2)30-19(18(12)20(27)28-3)24-21(29)23-17-4-5-26(25-17)22-9-14-6-15(10-22)8-16(7-14)11-22/h4-5,14-16H,6-11H2,1-3H3,(H2,23,24,25,29). The highest BCUT2D eigenvalue weighted by Crippen LogP contribution is 2.58. The zero-order valence-electron chi connectivity index (χ0n) is 17.7. The fraction of sp³-hybridized carbons (Fsp3) is 0.591. The van der Waals surface area contributed by atoms with Crippen LogP contribution in [0, 0.1) is 31.6 Å². The lowest BCUT2D eigenvalue weighted by molar-refractivity contribution is -0.0492. The Bertz CT molecular complexity index is 974. The third kappa shape index (κ3) is 3.34.